The summed E-state index contributed by atoms with van der Waals surface area (Å²) in [5, 5.41) is 6.01. The molecular weight excluding hydrogens is 345 g/mol. The van der Waals surface area contributed by atoms with Crippen LogP contribution in [0.4, 0.5) is 13.2 Å². The van der Waals surface area contributed by atoms with Gasteiger partial charge in [0.25, 0.3) is 0 Å². The molecule has 0 aromatic rings. The van der Waals surface area contributed by atoms with Crippen molar-refractivity contribution in [2.45, 2.75) is 51.7 Å². The molecule has 1 saturated heterocycles. The zero-order chi connectivity index (χ0) is 18.2. The summed E-state index contributed by atoms with van der Waals surface area (Å²) in [6.07, 6.45) is -3.40. The number of piperidine rings is 1. The monoisotopic (exact) mass is 372 g/mol. The van der Waals surface area contributed by atoms with Gasteiger partial charge in [-0.1, -0.05) is 6.92 Å². The van der Waals surface area contributed by atoms with Crippen LogP contribution >= 0.6 is 0 Å². The van der Waals surface area contributed by atoms with Gasteiger partial charge in [-0.05, 0) is 26.2 Å². The van der Waals surface area contributed by atoms with E-state index in [9.17, 15) is 21.6 Å². The highest BCUT2D eigenvalue weighted by molar-refractivity contribution is 7.89. The van der Waals surface area contributed by atoms with E-state index in [-0.39, 0.29) is 18.3 Å². The maximum atomic E-state index is 12.2. The minimum absolute atomic E-state index is 0.00163. The van der Waals surface area contributed by atoms with Crippen molar-refractivity contribution in [3.8, 4) is 0 Å². The predicted molar refractivity (Wildman–Crippen MR) is 88.5 cm³/mol. The lowest BCUT2D eigenvalue weighted by Crippen LogP contribution is -2.50. The van der Waals surface area contributed by atoms with Crippen molar-refractivity contribution in [3.63, 3.8) is 0 Å². The first kappa shape index (κ1) is 21.0. The topological polar surface area (TPSA) is 73.8 Å². The molecule has 0 aromatic carbocycles. The number of nitrogens with one attached hydrogen (secondary N) is 2. The normalized spacial score (nSPS) is 18.6. The van der Waals surface area contributed by atoms with Crippen molar-refractivity contribution < 1.29 is 21.6 Å². The molecular formula is C14H27F3N4O2S. The molecule has 24 heavy (non-hydrogen) atoms. The number of nitrogens with zero attached hydrogens (tertiary/aromatic N) is 2. The van der Waals surface area contributed by atoms with Gasteiger partial charge in [0, 0.05) is 25.7 Å². The van der Waals surface area contributed by atoms with E-state index >= 15 is 0 Å². The number of rotatable bonds is 7. The lowest BCUT2D eigenvalue weighted by atomic mass is 10.1. The first-order valence-electron chi connectivity index (χ1n) is 8.27. The average molecular weight is 372 g/mol. The van der Waals surface area contributed by atoms with Gasteiger partial charge in [-0.2, -0.15) is 13.2 Å². The molecule has 10 heteroatoms. The van der Waals surface area contributed by atoms with Crippen LogP contribution in [0, 0.1) is 0 Å². The lowest BCUT2D eigenvalue weighted by Gasteiger charge is -2.32. The number of hydrogen-bond donors (Lipinski definition) is 2. The van der Waals surface area contributed by atoms with Crippen LogP contribution in [0.3, 0.4) is 0 Å². The van der Waals surface area contributed by atoms with Gasteiger partial charge >= 0.3 is 6.18 Å². The number of sulfonamides is 1. The second-order valence-electron chi connectivity index (χ2n) is 5.76. The second kappa shape index (κ2) is 9.45. The van der Waals surface area contributed by atoms with Crippen molar-refractivity contribution >= 4 is 16.0 Å². The van der Waals surface area contributed by atoms with Crippen molar-refractivity contribution in [1.82, 2.24) is 14.9 Å². The third kappa shape index (κ3) is 7.69. The highest BCUT2D eigenvalue weighted by atomic mass is 32.2. The maximum absolute atomic E-state index is 12.2. The Hall–Kier alpha value is -1.03. The first-order valence-corrected chi connectivity index (χ1v) is 9.88. The molecule has 1 rings (SSSR count). The van der Waals surface area contributed by atoms with Crippen LogP contribution in [0.1, 0.15) is 39.5 Å². The smallest absolute Gasteiger partial charge is 0.357 e. The van der Waals surface area contributed by atoms with Gasteiger partial charge in [0.15, 0.2) is 5.96 Å². The molecule has 0 unspecified atom stereocenters. The van der Waals surface area contributed by atoms with Crippen LogP contribution in [0.2, 0.25) is 0 Å². The molecule has 1 fully saturated rings. The summed E-state index contributed by atoms with van der Waals surface area (Å²) < 4.78 is 62.1. The molecule has 1 heterocycles. The molecule has 0 atom stereocenters. The minimum atomic E-state index is -4.22. The van der Waals surface area contributed by atoms with E-state index in [1.807, 2.05) is 13.8 Å². The quantitative estimate of drug-likeness (QED) is 0.527. The SMILES string of the molecule is CCCS(=O)(=O)N1CCC(NC(=NCCC(F)(F)F)NCC)CC1. The number of halogens is 3. The van der Waals surface area contributed by atoms with Gasteiger partial charge < -0.3 is 10.6 Å². The van der Waals surface area contributed by atoms with Crippen LogP contribution in [0.5, 0.6) is 0 Å². The lowest BCUT2D eigenvalue weighted by molar-refractivity contribution is -0.132. The number of hydrogen-bond acceptors (Lipinski definition) is 3. The van der Waals surface area contributed by atoms with E-state index in [0.29, 0.717) is 44.9 Å². The molecule has 0 radical (unpaired) electrons. The fourth-order valence-corrected chi connectivity index (χ4v) is 4.01. The summed E-state index contributed by atoms with van der Waals surface area (Å²) in [4.78, 5) is 3.93. The highest BCUT2D eigenvalue weighted by Gasteiger charge is 2.28. The molecule has 0 bridgehead atoms. The number of alkyl halides is 3. The summed E-state index contributed by atoms with van der Waals surface area (Å²) in [7, 11) is -3.19. The maximum Gasteiger partial charge on any atom is 0.390 e. The van der Waals surface area contributed by atoms with Gasteiger partial charge in [0.2, 0.25) is 10.0 Å². The summed E-state index contributed by atoms with van der Waals surface area (Å²) >= 11 is 0. The van der Waals surface area contributed by atoms with Gasteiger partial charge in [-0.25, -0.2) is 12.7 Å². The molecule has 0 aromatic heterocycles. The number of aliphatic imine (C=N–C) groups is 1. The number of guanidine groups is 1. The van der Waals surface area contributed by atoms with Crippen molar-refractivity contribution in [2.24, 2.45) is 4.99 Å². The third-order valence-corrected chi connectivity index (χ3v) is 5.74. The summed E-state index contributed by atoms with van der Waals surface area (Å²) in [5.74, 6) is 0.490. The van der Waals surface area contributed by atoms with Crippen LogP contribution in [-0.2, 0) is 10.0 Å². The molecule has 142 valence electrons. The second-order valence-corrected chi connectivity index (χ2v) is 7.85. The zero-order valence-electron chi connectivity index (χ0n) is 14.2. The Labute approximate surface area is 141 Å². The fourth-order valence-electron chi connectivity index (χ4n) is 2.47. The Kier molecular flexibility index (Phi) is 8.28. The summed E-state index contributed by atoms with van der Waals surface area (Å²) in [5.41, 5.74) is 0. The summed E-state index contributed by atoms with van der Waals surface area (Å²) in [6, 6.07) is 0.00163. The van der Waals surface area contributed by atoms with E-state index in [2.05, 4.69) is 15.6 Å². The van der Waals surface area contributed by atoms with Crippen molar-refractivity contribution in [3.05, 3.63) is 0 Å². The van der Waals surface area contributed by atoms with Gasteiger partial charge in [-0.15, -0.1) is 0 Å². The largest absolute Gasteiger partial charge is 0.390 e. The Morgan fingerprint density at radius 1 is 1.25 bits per heavy atom. The third-order valence-electron chi connectivity index (χ3n) is 3.66. The summed E-state index contributed by atoms with van der Waals surface area (Å²) in [6.45, 7) is 4.71. The van der Waals surface area contributed by atoms with E-state index in [1.165, 1.54) is 4.31 Å². The first-order chi connectivity index (χ1) is 11.2. The standard InChI is InChI=1S/C14H27F3N4O2S/c1-3-11-24(22,23)21-9-5-12(6-10-21)20-13(18-4-2)19-8-7-14(15,16)17/h12H,3-11H2,1-2H3,(H2,18,19,20). The molecule has 6 nitrogen and oxygen atoms in total. The van der Waals surface area contributed by atoms with Crippen LogP contribution in [-0.4, -0.2) is 62.8 Å². The van der Waals surface area contributed by atoms with E-state index in [1.54, 1.807) is 0 Å². The predicted octanol–water partition coefficient (Wildman–Crippen LogP) is 1.70. The van der Waals surface area contributed by atoms with E-state index < -0.39 is 22.6 Å². The Balaban J connectivity index is 2.51. The minimum Gasteiger partial charge on any atom is -0.357 e. The molecule has 0 spiro atoms. The fraction of sp³-hybridized carbons (Fsp3) is 0.929. The van der Waals surface area contributed by atoms with Crippen molar-refractivity contribution in [1.29, 1.82) is 0 Å². The van der Waals surface area contributed by atoms with Crippen LogP contribution < -0.4 is 10.6 Å². The molecule has 0 amide bonds. The highest BCUT2D eigenvalue weighted by Crippen LogP contribution is 2.19. The Morgan fingerprint density at radius 2 is 1.88 bits per heavy atom. The average Bonchev–Trinajstić information content (AvgIpc) is 2.46. The molecule has 1 aliphatic heterocycles. The molecule has 0 saturated carbocycles. The molecule has 1 aliphatic rings. The zero-order valence-corrected chi connectivity index (χ0v) is 15.0. The van der Waals surface area contributed by atoms with Gasteiger partial charge in [-0.3, -0.25) is 4.99 Å². The van der Waals surface area contributed by atoms with Crippen molar-refractivity contribution in [2.75, 3.05) is 31.9 Å². The Morgan fingerprint density at radius 3 is 2.38 bits per heavy atom. The van der Waals surface area contributed by atoms with Crippen LogP contribution in [0.25, 0.3) is 0 Å². The van der Waals surface area contributed by atoms with Gasteiger partial charge in [0.1, 0.15) is 0 Å². The van der Waals surface area contributed by atoms with Gasteiger partial charge in [0.05, 0.1) is 18.7 Å². The molecule has 2 N–H and O–H groups in total. The van der Waals surface area contributed by atoms with Crippen LogP contribution in [0.15, 0.2) is 4.99 Å². The van der Waals surface area contributed by atoms with E-state index in [0.717, 1.165) is 0 Å². The molecule has 0 aliphatic carbocycles. The Bertz CT molecular complexity index is 501. The van der Waals surface area contributed by atoms with E-state index in [4.69, 9.17) is 0 Å².